The van der Waals surface area contributed by atoms with Gasteiger partial charge in [-0.05, 0) is 59.0 Å². The normalized spacial score (nSPS) is 11.5. The number of para-hydroxylation sites is 1. The van der Waals surface area contributed by atoms with Gasteiger partial charge in [-0.15, -0.1) is 11.3 Å². The zero-order chi connectivity index (χ0) is 20.3. The number of hydrogen-bond donors (Lipinski definition) is 0. The fraction of sp³-hybridized carbons (Fsp3) is 0.214. The van der Waals surface area contributed by atoms with Crippen molar-refractivity contribution in [3.05, 3.63) is 89.8 Å². The number of nitrogens with zero attached hydrogens (tertiary/aromatic N) is 1. The van der Waals surface area contributed by atoms with E-state index in [2.05, 4.69) is 95.7 Å². The molecular weight excluding hydrogens is 383 g/mol. The van der Waals surface area contributed by atoms with Crippen molar-refractivity contribution >= 4 is 32.3 Å². The maximum absolute atomic E-state index is 2.47. The van der Waals surface area contributed by atoms with Crippen LogP contribution in [-0.2, 0) is 6.42 Å². The summed E-state index contributed by atoms with van der Waals surface area (Å²) in [5, 5.41) is 4.87. The minimum Gasteiger partial charge on any atom is -0.308 e. The minimum absolute atomic E-state index is 1.15. The summed E-state index contributed by atoms with van der Waals surface area (Å²) in [5.41, 5.74) is 6.55. The molecule has 0 unspecified atom stereocenters. The first-order chi connectivity index (χ1) is 14.8. The van der Waals surface area contributed by atoms with Crippen molar-refractivity contribution in [3.8, 4) is 16.9 Å². The predicted octanol–water partition coefficient (Wildman–Crippen LogP) is 8.64. The summed E-state index contributed by atoms with van der Waals surface area (Å²) < 4.78 is 3.84. The van der Waals surface area contributed by atoms with Gasteiger partial charge in [-0.1, -0.05) is 80.8 Å². The molecule has 3 aromatic carbocycles. The maximum Gasteiger partial charge on any atom is 0.0643 e. The van der Waals surface area contributed by atoms with Gasteiger partial charge in [-0.25, -0.2) is 0 Å². The number of aryl methyl sites for hydroxylation is 1. The summed E-state index contributed by atoms with van der Waals surface area (Å²) >= 11 is 1.84. The van der Waals surface area contributed by atoms with E-state index in [1.807, 2.05) is 11.3 Å². The highest BCUT2D eigenvalue weighted by molar-refractivity contribution is 7.17. The Bertz CT molecular complexity index is 1280. The number of thiophene rings is 1. The molecule has 0 spiro atoms. The van der Waals surface area contributed by atoms with E-state index in [1.165, 1.54) is 69.2 Å². The van der Waals surface area contributed by atoms with Gasteiger partial charge in [0.1, 0.15) is 0 Å². The molecule has 0 aliphatic carbocycles. The van der Waals surface area contributed by atoms with E-state index in [4.69, 9.17) is 0 Å². The quantitative estimate of drug-likeness (QED) is 0.237. The molecule has 0 aliphatic rings. The standard InChI is InChI=1S/C28H27NS/c1-2-3-4-6-11-21-18-24-16-17-30-28(24)27(19-21)29-25-15-10-9-14-23(25)20-26(29)22-12-7-5-8-13-22/h5,7-10,12-20H,2-4,6,11H2,1H3/i17+1. The molecule has 30 heavy (non-hydrogen) atoms. The lowest BCUT2D eigenvalue weighted by atomic mass is 10.0. The summed E-state index contributed by atoms with van der Waals surface area (Å²) in [5.74, 6) is 0. The van der Waals surface area contributed by atoms with Gasteiger partial charge in [0.2, 0.25) is 0 Å². The second-order valence-electron chi connectivity index (χ2n) is 8.05. The molecule has 0 saturated heterocycles. The number of aromatic nitrogens is 1. The summed E-state index contributed by atoms with van der Waals surface area (Å²) in [6.45, 7) is 2.28. The van der Waals surface area contributed by atoms with E-state index in [0.29, 0.717) is 0 Å². The van der Waals surface area contributed by atoms with E-state index >= 15 is 0 Å². The smallest absolute Gasteiger partial charge is 0.0643 e. The van der Waals surface area contributed by atoms with Crippen LogP contribution < -0.4 is 0 Å². The Labute approximate surface area is 182 Å². The molecule has 0 fully saturated rings. The van der Waals surface area contributed by atoms with Crippen LogP contribution in [0.3, 0.4) is 0 Å². The van der Waals surface area contributed by atoms with E-state index in [0.717, 1.165) is 6.42 Å². The van der Waals surface area contributed by atoms with Gasteiger partial charge in [0.05, 0.1) is 21.6 Å². The van der Waals surface area contributed by atoms with E-state index in [1.54, 1.807) is 0 Å². The number of benzene rings is 3. The van der Waals surface area contributed by atoms with Crippen molar-refractivity contribution in [2.24, 2.45) is 0 Å². The number of unbranched alkanes of at least 4 members (excludes halogenated alkanes) is 3. The maximum atomic E-state index is 2.47. The largest absolute Gasteiger partial charge is 0.308 e. The van der Waals surface area contributed by atoms with Gasteiger partial charge in [-0.3, -0.25) is 0 Å². The van der Waals surface area contributed by atoms with Crippen LogP contribution in [0.4, 0.5) is 0 Å². The van der Waals surface area contributed by atoms with Gasteiger partial charge in [0.15, 0.2) is 0 Å². The number of hydrogen-bond acceptors (Lipinski definition) is 1. The van der Waals surface area contributed by atoms with E-state index in [-0.39, 0.29) is 0 Å². The predicted molar refractivity (Wildman–Crippen MR) is 132 cm³/mol. The molecule has 0 bridgehead atoms. The summed E-state index contributed by atoms with van der Waals surface area (Å²) in [6, 6.07) is 28.9. The Morgan fingerprint density at radius 3 is 2.47 bits per heavy atom. The molecule has 0 N–H and O–H groups in total. The molecule has 0 atom stereocenters. The number of rotatable bonds is 7. The molecule has 2 aromatic heterocycles. The van der Waals surface area contributed by atoms with E-state index < -0.39 is 0 Å². The van der Waals surface area contributed by atoms with Crippen molar-refractivity contribution < 1.29 is 0 Å². The number of fused-ring (bicyclic) bond motifs is 2. The van der Waals surface area contributed by atoms with Gasteiger partial charge in [-0.2, -0.15) is 0 Å². The van der Waals surface area contributed by atoms with Gasteiger partial charge >= 0.3 is 0 Å². The third-order valence-electron chi connectivity index (χ3n) is 5.93. The fourth-order valence-corrected chi connectivity index (χ4v) is 5.31. The van der Waals surface area contributed by atoms with E-state index in [9.17, 15) is 0 Å². The Hall–Kier alpha value is -2.84. The lowest BCUT2D eigenvalue weighted by Crippen LogP contribution is -1.99. The van der Waals surface area contributed by atoms with Gasteiger partial charge in [0.25, 0.3) is 0 Å². The molecule has 0 radical (unpaired) electrons. The Morgan fingerprint density at radius 2 is 1.60 bits per heavy atom. The summed E-state index contributed by atoms with van der Waals surface area (Å²) in [4.78, 5) is 0. The van der Waals surface area contributed by atoms with Crippen LogP contribution >= 0.6 is 11.3 Å². The first-order valence-corrected chi connectivity index (χ1v) is 11.9. The molecule has 0 amide bonds. The molecule has 2 heteroatoms. The highest BCUT2D eigenvalue weighted by Crippen LogP contribution is 2.37. The Kier molecular flexibility index (Phi) is 5.42. The SMILES string of the molecule is CCCCCCc1cc(-n2c(-c3ccccc3)cc3ccccc32)c2s[13cH]cc2c1. The fourth-order valence-electron chi connectivity index (χ4n) is 4.43. The second kappa shape index (κ2) is 8.49. The molecule has 5 rings (SSSR count). The zero-order valence-electron chi connectivity index (χ0n) is 17.5. The summed E-state index contributed by atoms with van der Waals surface area (Å²) in [6.07, 6.45) is 6.34. The van der Waals surface area contributed by atoms with Crippen molar-refractivity contribution in [2.75, 3.05) is 0 Å². The lowest BCUT2D eigenvalue weighted by Gasteiger charge is -2.14. The minimum atomic E-state index is 1.15. The Balaban J connectivity index is 1.71. The molecule has 150 valence electrons. The molecule has 0 aliphatic heterocycles. The van der Waals surface area contributed by atoms with Crippen molar-refractivity contribution in [3.63, 3.8) is 0 Å². The van der Waals surface area contributed by atoms with Crippen LogP contribution in [0.2, 0.25) is 0 Å². The lowest BCUT2D eigenvalue weighted by molar-refractivity contribution is 0.667. The van der Waals surface area contributed by atoms with Crippen LogP contribution in [0.5, 0.6) is 0 Å². The highest BCUT2D eigenvalue weighted by atomic mass is 32.1. The average Bonchev–Trinajstić information content (AvgIpc) is 3.41. The molecule has 2 heterocycles. The van der Waals surface area contributed by atoms with Crippen LogP contribution in [-0.4, -0.2) is 4.57 Å². The van der Waals surface area contributed by atoms with Gasteiger partial charge in [0, 0.05) is 5.39 Å². The van der Waals surface area contributed by atoms with Crippen LogP contribution in [0.25, 0.3) is 37.9 Å². The van der Waals surface area contributed by atoms with Gasteiger partial charge < -0.3 is 4.57 Å². The monoisotopic (exact) mass is 410 g/mol. The topological polar surface area (TPSA) is 4.93 Å². The molecule has 5 aromatic rings. The zero-order valence-corrected chi connectivity index (χ0v) is 18.3. The van der Waals surface area contributed by atoms with Crippen molar-refractivity contribution in [2.45, 2.75) is 39.0 Å². The summed E-state index contributed by atoms with van der Waals surface area (Å²) in [7, 11) is 0. The third kappa shape index (κ3) is 3.57. The average molecular weight is 411 g/mol. The van der Waals surface area contributed by atoms with Crippen LogP contribution in [0, 0.1) is 0 Å². The van der Waals surface area contributed by atoms with Crippen molar-refractivity contribution in [1.29, 1.82) is 0 Å². The van der Waals surface area contributed by atoms with Crippen LogP contribution in [0.15, 0.2) is 84.2 Å². The first kappa shape index (κ1) is 19.1. The van der Waals surface area contributed by atoms with Crippen molar-refractivity contribution in [1.82, 2.24) is 4.57 Å². The second-order valence-corrected chi connectivity index (χ2v) is 8.97. The van der Waals surface area contributed by atoms with Crippen LogP contribution in [0.1, 0.15) is 38.2 Å². The first-order valence-electron chi connectivity index (χ1n) is 11.0. The third-order valence-corrected chi connectivity index (χ3v) is 6.88. The molecule has 1 nitrogen and oxygen atoms in total. The highest BCUT2D eigenvalue weighted by Gasteiger charge is 2.16. The molecule has 0 saturated carbocycles. The molecular formula is C28H27NS. The Morgan fingerprint density at radius 1 is 0.767 bits per heavy atom.